The molecule has 5 nitrogen and oxygen atoms in total. The van der Waals surface area contributed by atoms with Crippen molar-refractivity contribution in [2.75, 3.05) is 12.4 Å². The third-order valence-electron chi connectivity index (χ3n) is 3.88. The van der Waals surface area contributed by atoms with Crippen molar-refractivity contribution in [2.24, 2.45) is 0 Å². The van der Waals surface area contributed by atoms with Crippen molar-refractivity contribution >= 4 is 17.6 Å². The van der Waals surface area contributed by atoms with E-state index in [0.29, 0.717) is 11.3 Å². The number of anilines is 1. The van der Waals surface area contributed by atoms with Crippen LogP contribution < -0.4 is 10.1 Å². The summed E-state index contributed by atoms with van der Waals surface area (Å²) in [7, 11) is 1.52. The first-order chi connectivity index (χ1) is 11.8. The van der Waals surface area contributed by atoms with Gasteiger partial charge in [-0.1, -0.05) is 23.8 Å². The smallest absolute Gasteiger partial charge is 0.339 e. The van der Waals surface area contributed by atoms with E-state index in [1.807, 2.05) is 32.9 Å². The van der Waals surface area contributed by atoms with Crippen molar-refractivity contribution < 1.29 is 19.1 Å². The van der Waals surface area contributed by atoms with Gasteiger partial charge in [0, 0.05) is 5.69 Å². The summed E-state index contributed by atoms with van der Waals surface area (Å²) in [6.07, 6.45) is -0.918. The molecule has 0 spiro atoms. The van der Waals surface area contributed by atoms with Gasteiger partial charge in [-0.25, -0.2) is 4.79 Å². The van der Waals surface area contributed by atoms with Gasteiger partial charge < -0.3 is 14.8 Å². The monoisotopic (exact) mass is 341 g/mol. The van der Waals surface area contributed by atoms with Gasteiger partial charge in [-0.3, -0.25) is 4.79 Å². The van der Waals surface area contributed by atoms with Gasteiger partial charge in [-0.2, -0.15) is 0 Å². The van der Waals surface area contributed by atoms with E-state index in [1.165, 1.54) is 7.11 Å². The Morgan fingerprint density at radius 3 is 2.28 bits per heavy atom. The van der Waals surface area contributed by atoms with Crippen LogP contribution in [0.2, 0.25) is 0 Å². The molecule has 0 aliphatic carbocycles. The highest BCUT2D eigenvalue weighted by Crippen LogP contribution is 2.22. The van der Waals surface area contributed by atoms with Gasteiger partial charge in [-0.15, -0.1) is 0 Å². The summed E-state index contributed by atoms with van der Waals surface area (Å²) < 4.78 is 10.4. The highest BCUT2D eigenvalue weighted by molar-refractivity contribution is 5.98. The summed E-state index contributed by atoms with van der Waals surface area (Å²) in [6, 6.07) is 10.6. The van der Waals surface area contributed by atoms with E-state index in [1.54, 1.807) is 31.2 Å². The van der Waals surface area contributed by atoms with Crippen molar-refractivity contribution in [1.29, 1.82) is 0 Å². The number of hydrogen-bond donors (Lipinski definition) is 1. The van der Waals surface area contributed by atoms with Crippen molar-refractivity contribution in [2.45, 2.75) is 33.8 Å². The number of carbonyl (C=O) groups is 2. The Hall–Kier alpha value is -2.82. The zero-order chi connectivity index (χ0) is 18.6. The molecule has 5 heteroatoms. The van der Waals surface area contributed by atoms with Crippen LogP contribution in [0.1, 0.15) is 34.0 Å². The van der Waals surface area contributed by atoms with Gasteiger partial charge in [-0.05, 0) is 57.0 Å². The van der Waals surface area contributed by atoms with Crippen LogP contribution in [0.4, 0.5) is 5.69 Å². The number of aryl methyl sites for hydroxylation is 3. The minimum Gasteiger partial charge on any atom is -0.497 e. The highest BCUT2D eigenvalue weighted by atomic mass is 16.5. The predicted molar refractivity (Wildman–Crippen MR) is 97.2 cm³/mol. The third-order valence-corrected chi connectivity index (χ3v) is 3.88. The van der Waals surface area contributed by atoms with Gasteiger partial charge in [0.15, 0.2) is 6.10 Å². The first kappa shape index (κ1) is 18.5. The van der Waals surface area contributed by atoms with Gasteiger partial charge in [0.2, 0.25) is 0 Å². The summed E-state index contributed by atoms with van der Waals surface area (Å²) >= 11 is 0. The molecule has 1 atom stereocenters. The Kier molecular flexibility index (Phi) is 5.80. The quantitative estimate of drug-likeness (QED) is 0.840. The van der Waals surface area contributed by atoms with Crippen LogP contribution in [0.25, 0.3) is 0 Å². The number of carbonyl (C=O) groups excluding carboxylic acids is 2. The second-order valence-corrected chi connectivity index (χ2v) is 6.04. The van der Waals surface area contributed by atoms with Crippen LogP contribution in [-0.4, -0.2) is 25.1 Å². The zero-order valence-corrected chi connectivity index (χ0v) is 15.2. The average Bonchev–Trinajstić information content (AvgIpc) is 2.57. The van der Waals surface area contributed by atoms with Crippen LogP contribution >= 0.6 is 0 Å². The van der Waals surface area contributed by atoms with Gasteiger partial charge >= 0.3 is 5.97 Å². The molecule has 0 saturated carbocycles. The lowest BCUT2D eigenvalue weighted by molar-refractivity contribution is -0.123. The van der Waals surface area contributed by atoms with E-state index >= 15 is 0 Å². The fourth-order valence-electron chi connectivity index (χ4n) is 2.63. The molecule has 2 aromatic carbocycles. The minimum atomic E-state index is -0.918. The molecule has 0 saturated heterocycles. The third kappa shape index (κ3) is 4.59. The molecule has 1 N–H and O–H groups in total. The number of nitrogens with one attached hydrogen (secondary N) is 1. The van der Waals surface area contributed by atoms with Crippen molar-refractivity contribution in [3.8, 4) is 5.75 Å². The summed E-state index contributed by atoms with van der Waals surface area (Å²) in [4.78, 5) is 24.6. The maximum Gasteiger partial charge on any atom is 0.339 e. The Morgan fingerprint density at radius 2 is 1.68 bits per heavy atom. The SMILES string of the molecule is COc1cccc(C(=O)O[C@H](C)C(=O)Nc2c(C)cc(C)cc2C)c1. The number of amides is 1. The van der Waals surface area contributed by atoms with Gasteiger partial charge in [0.25, 0.3) is 5.91 Å². The second kappa shape index (κ2) is 7.83. The van der Waals surface area contributed by atoms with Crippen molar-refractivity contribution in [3.05, 3.63) is 58.7 Å². The summed E-state index contributed by atoms with van der Waals surface area (Å²) in [6.45, 7) is 7.42. The van der Waals surface area contributed by atoms with E-state index in [2.05, 4.69) is 5.32 Å². The molecule has 2 aromatic rings. The van der Waals surface area contributed by atoms with Crippen molar-refractivity contribution in [1.82, 2.24) is 0 Å². The first-order valence-corrected chi connectivity index (χ1v) is 8.05. The number of ether oxygens (including phenoxy) is 2. The summed E-state index contributed by atoms with van der Waals surface area (Å²) in [5, 5.41) is 2.84. The minimum absolute atomic E-state index is 0.335. The molecule has 0 radical (unpaired) electrons. The van der Waals surface area contributed by atoms with E-state index in [9.17, 15) is 9.59 Å². The molecule has 1 amide bonds. The van der Waals surface area contributed by atoms with Crippen LogP contribution in [-0.2, 0) is 9.53 Å². The lowest BCUT2D eigenvalue weighted by atomic mass is 10.0. The maximum atomic E-state index is 12.4. The number of esters is 1. The fraction of sp³-hybridized carbons (Fsp3) is 0.300. The van der Waals surface area contributed by atoms with Crippen LogP contribution in [0.15, 0.2) is 36.4 Å². The molecule has 0 unspecified atom stereocenters. The average molecular weight is 341 g/mol. The van der Waals surface area contributed by atoms with E-state index in [0.717, 1.165) is 22.4 Å². The van der Waals surface area contributed by atoms with E-state index in [4.69, 9.17) is 9.47 Å². The standard InChI is InChI=1S/C20H23NO4/c1-12-9-13(2)18(14(3)10-12)21-19(22)15(4)25-20(23)16-7-6-8-17(11-16)24-5/h6-11,15H,1-5H3,(H,21,22)/t15-/m1/s1. The molecule has 0 fully saturated rings. The van der Waals surface area contributed by atoms with Gasteiger partial charge in [0.1, 0.15) is 5.75 Å². The number of hydrogen-bond acceptors (Lipinski definition) is 4. The molecular formula is C20H23NO4. The molecule has 2 rings (SSSR count). The molecule has 25 heavy (non-hydrogen) atoms. The summed E-state index contributed by atoms with van der Waals surface area (Å²) in [5.74, 6) is -0.386. The van der Waals surface area contributed by atoms with Crippen LogP contribution in [0.5, 0.6) is 5.75 Å². The molecule has 0 aliphatic rings. The molecule has 0 aliphatic heterocycles. The number of rotatable bonds is 5. The van der Waals surface area contributed by atoms with E-state index < -0.39 is 12.1 Å². The summed E-state index contributed by atoms with van der Waals surface area (Å²) in [5.41, 5.74) is 4.15. The van der Waals surface area contributed by atoms with Crippen LogP contribution in [0.3, 0.4) is 0 Å². The van der Waals surface area contributed by atoms with E-state index in [-0.39, 0.29) is 5.91 Å². The zero-order valence-electron chi connectivity index (χ0n) is 15.2. The highest BCUT2D eigenvalue weighted by Gasteiger charge is 2.20. The molecule has 0 heterocycles. The number of benzene rings is 2. The van der Waals surface area contributed by atoms with Gasteiger partial charge in [0.05, 0.1) is 12.7 Å². The Labute approximate surface area is 148 Å². The Bertz CT molecular complexity index is 775. The molecule has 132 valence electrons. The second-order valence-electron chi connectivity index (χ2n) is 6.04. The Balaban J connectivity index is 2.06. The molecule has 0 aromatic heterocycles. The molecular weight excluding hydrogens is 318 g/mol. The predicted octanol–water partition coefficient (Wildman–Crippen LogP) is 3.80. The normalized spacial score (nSPS) is 11.6. The topological polar surface area (TPSA) is 64.6 Å². The fourth-order valence-corrected chi connectivity index (χ4v) is 2.63. The molecule has 0 bridgehead atoms. The lowest BCUT2D eigenvalue weighted by Gasteiger charge is -2.17. The van der Waals surface area contributed by atoms with Crippen molar-refractivity contribution in [3.63, 3.8) is 0 Å². The Morgan fingerprint density at radius 1 is 1.04 bits per heavy atom. The lowest BCUT2D eigenvalue weighted by Crippen LogP contribution is -2.30. The first-order valence-electron chi connectivity index (χ1n) is 8.05. The number of methoxy groups -OCH3 is 1. The van der Waals surface area contributed by atoms with Crippen LogP contribution in [0, 0.1) is 20.8 Å². The largest absolute Gasteiger partial charge is 0.497 e. The maximum absolute atomic E-state index is 12.4.